The van der Waals surface area contributed by atoms with Gasteiger partial charge < -0.3 is 4.74 Å². The van der Waals surface area contributed by atoms with Gasteiger partial charge in [0.2, 0.25) is 0 Å². The molecule has 1 heterocycles. The standard InChI is InChI=1S/C15H11ClFIN2O/c1-21-14-5-3-2-4-12(14)20-13-6-9(17)10(18)7-11(13)19-15(20)8-16/h2-7H,8H2,1H3. The highest BCUT2D eigenvalue weighted by atomic mass is 127. The van der Waals surface area contributed by atoms with Crippen LogP contribution in [0.3, 0.4) is 0 Å². The van der Waals surface area contributed by atoms with E-state index < -0.39 is 0 Å². The van der Waals surface area contributed by atoms with Gasteiger partial charge in [0.25, 0.3) is 0 Å². The van der Waals surface area contributed by atoms with Gasteiger partial charge in [-0.1, -0.05) is 12.1 Å². The first-order valence-corrected chi connectivity index (χ1v) is 7.82. The van der Waals surface area contributed by atoms with E-state index >= 15 is 0 Å². The predicted molar refractivity (Wildman–Crippen MR) is 89.9 cm³/mol. The fraction of sp³-hybridized carbons (Fsp3) is 0.133. The first kappa shape index (κ1) is 14.6. The van der Waals surface area contributed by atoms with Crippen molar-refractivity contribution < 1.29 is 9.13 Å². The van der Waals surface area contributed by atoms with Crippen LogP contribution in [0.1, 0.15) is 5.82 Å². The third-order valence-corrected chi connectivity index (χ3v) is 4.28. The van der Waals surface area contributed by atoms with Crippen LogP contribution in [-0.4, -0.2) is 16.7 Å². The highest BCUT2D eigenvalue weighted by Gasteiger charge is 2.16. The Labute approximate surface area is 139 Å². The molecule has 0 N–H and O–H groups in total. The topological polar surface area (TPSA) is 27.1 Å². The maximum absolute atomic E-state index is 13.9. The molecule has 108 valence electrons. The normalized spacial score (nSPS) is 11.0. The molecule has 0 radical (unpaired) electrons. The molecule has 3 nitrogen and oxygen atoms in total. The minimum Gasteiger partial charge on any atom is -0.495 e. The summed E-state index contributed by atoms with van der Waals surface area (Å²) < 4.78 is 21.7. The van der Waals surface area contributed by atoms with Crippen molar-refractivity contribution in [3.63, 3.8) is 0 Å². The maximum atomic E-state index is 13.9. The van der Waals surface area contributed by atoms with Gasteiger partial charge in [-0.15, -0.1) is 11.6 Å². The van der Waals surface area contributed by atoms with E-state index in [-0.39, 0.29) is 11.7 Å². The van der Waals surface area contributed by atoms with Crippen molar-refractivity contribution in [3.05, 3.63) is 51.6 Å². The fourth-order valence-corrected chi connectivity index (χ4v) is 2.93. The zero-order valence-electron chi connectivity index (χ0n) is 11.1. The molecule has 0 aliphatic carbocycles. The van der Waals surface area contributed by atoms with Crippen molar-refractivity contribution in [1.82, 2.24) is 9.55 Å². The summed E-state index contributed by atoms with van der Waals surface area (Å²) in [7, 11) is 1.60. The lowest BCUT2D eigenvalue weighted by atomic mass is 10.2. The molecule has 0 saturated carbocycles. The van der Waals surface area contributed by atoms with Gasteiger partial charge in [0.1, 0.15) is 17.4 Å². The second kappa shape index (κ2) is 5.81. The van der Waals surface area contributed by atoms with Crippen LogP contribution < -0.4 is 4.74 Å². The summed E-state index contributed by atoms with van der Waals surface area (Å²) in [5.41, 5.74) is 2.18. The van der Waals surface area contributed by atoms with Gasteiger partial charge in [0.15, 0.2) is 0 Å². The summed E-state index contributed by atoms with van der Waals surface area (Å²) in [5.74, 6) is 1.28. The number of hydrogen-bond acceptors (Lipinski definition) is 2. The summed E-state index contributed by atoms with van der Waals surface area (Å²) in [6.45, 7) is 0. The first-order valence-electron chi connectivity index (χ1n) is 6.21. The first-order chi connectivity index (χ1) is 10.2. The summed E-state index contributed by atoms with van der Waals surface area (Å²) in [5, 5.41) is 0. The van der Waals surface area contributed by atoms with E-state index in [0.717, 1.165) is 5.69 Å². The Hall–Kier alpha value is -1.34. The van der Waals surface area contributed by atoms with E-state index in [9.17, 15) is 4.39 Å². The van der Waals surface area contributed by atoms with Crippen molar-refractivity contribution in [1.29, 1.82) is 0 Å². The number of halogens is 3. The molecule has 1 aromatic heterocycles. The molecule has 0 aliphatic heterocycles. The molecule has 0 fully saturated rings. The predicted octanol–water partition coefficient (Wildman–Crippen LogP) is 4.52. The molecular formula is C15H11ClFIN2O. The summed E-state index contributed by atoms with van der Waals surface area (Å²) in [6.07, 6.45) is 0. The molecule has 21 heavy (non-hydrogen) atoms. The SMILES string of the molecule is COc1ccccc1-n1c(CCl)nc2cc(I)c(F)cc21. The van der Waals surface area contributed by atoms with Crippen LogP contribution in [0, 0.1) is 9.39 Å². The smallest absolute Gasteiger partial charge is 0.142 e. The van der Waals surface area contributed by atoms with E-state index in [1.165, 1.54) is 6.07 Å². The highest BCUT2D eigenvalue weighted by Crippen LogP contribution is 2.30. The lowest BCUT2D eigenvalue weighted by Gasteiger charge is -2.12. The number of nitrogens with zero attached hydrogens (tertiary/aromatic N) is 2. The number of alkyl halides is 1. The molecule has 2 aromatic carbocycles. The number of ether oxygens (including phenoxy) is 1. The molecule has 0 bridgehead atoms. The van der Waals surface area contributed by atoms with E-state index in [4.69, 9.17) is 16.3 Å². The van der Waals surface area contributed by atoms with Gasteiger partial charge in [-0.3, -0.25) is 4.57 Å². The Morgan fingerprint density at radius 3 is 2.81 bits per heavy atom. The number of para-hydroxylation sites is 2. The highest BCUT2D eigenvalue weighted by molar-refractivity contribution is 14.1. The van der Waals surface area contributed by atoms with E-state index in [1.807, 2.05) is 51.4 Å². The zero-order valence-corrected chi connectivity index (χ0v) is 14.0. The Morgan fingerprint density at radius 2 is 2.10 bits per heavy atom. The summed E-state index contributed by atoms with van der Waals surface area (Å²) in [4.78, 5) is 4.49. The number of methoxy groups -OCH3 is 1. The number of hydrogen-bond donors (Lipinski definition) is 0. The Morgan fingerprint density at radius 1 is 1.33 bits per heavy atom. The van der Waals surface area contributed by atoms with Gasteiger partial charge in [0, 0.05) is 6.07 Å². The Balaban J connectivity index is 2.37. The van der Waals surface area contributed by atoms with Crippen LogP contribution in [0.15, 0.2) is 36.4 Å². The second-order valence-corrected chi connectivity index (χ2v) is 5.85. The number of fused-ring (bicyclic) bond motifs is 1. The van der Waals surface area contributed by atoms with E-state index in [0.29, 0.717) is 26.2 Å². The largest absolute Gasteiger partial charge is 0.495 e. The van der Waals surface area contributed by atoms with Crippen molar-refractivity contribution in [2.45, 2.75) is 5.88 Å². The molecule has 0 saturated heterocycles. The summed E-state index contributed by atoms with van der Waals surface area (Å²) in [6, 6.07) is 10.7. The van der Waals surface area contributed by atoms with Crippen LogP contribution in [0.4, 0.5) is 4.39 Å². The number of rotatable bonds is 3. The average Bonchev–Trinajstić information content (AvgIpc) is 2.85. The van der Waals surface area contributed by atoms with Gasteiger partial charge in [-0.05, 0) is 40.8 Å². The Bertz CT molecular complexity index is 819. The van der Waals surface area contributed by atoms with E-state index in [1.54, 1.807) is 13.2 Å². The fourth-order valence-electron chi connectivity index (χ4n) is 2.30. The molecule has 0 amide bonds. The van der Waals surface area contributed by atoms with Gasteiger partial charge in [-0.25, -0.2) is 9.37 Å². The molecule has 0 unspecified atom stereocenters. The van der Waals surface area contributed by atoms with Crippen LogP contribution in [0.25, 0.3) is 16.7 Å². The Kier molecular flexibility index (Phi) is 4.03. The van der Waals surface area contributed by atoms with Crippen LogP contribution in [-0.2, 0) is 5.88 Å². The van der Waals surface area contributed by atoms with Crippen LogP contribution in [0.5, 0.6) is 5.75 Å². The van der Waals surface area contributed by atoms with Crippen molar-refractivity contribution in [2.24, 2.45) is 0 Å². The third kappa shape index (κ3) is 2.48. The molecule has 0 atom stereocenters. The molecule has 0 spiro atoms. The molecule has 0 aliphatic rings. The van der Waals surface area contributed by atoms with Crippen LogP contribution >= 0.6 is 34.2 Å². The molecule has 3 aromatic rings. The lowest BCUT2D eigenvalue weighted by Crippen LogP contribution is -2.02. The number of aromatic nitrogens is 2. The average molecular weight is 417 g/mol. The van der Waals surface area contributed by atoms with Gasteiger partial charge in [-0.2, -0.15) is 0 Å². The molecular weight excluding hydrogens is 406 g/mol. The quantitative estimate of drug-likeness (QED) is 0.464. The van der Waals surface area contributed by atoms with Crippen molar-refractivity contribution in [2.75, 3.05) is 7.11 Å². The molecule has 3 rings (SSSR count). The monoisotopic (exact) mass is 416 g/mol. The van der Waals surface area contributed by atoms with Crippen molar-refractivity contribution in [3.8, 4) is 11.4 Å². The van der Waals surface area contributed by atoms with Gasteiger partial charge >= 0.3 is 0 Å². The lowest BCUT2D eigenvalue weighted by molar-refractivity contribution is 0.413. The minimum absolute atomic E-state index is 0.227. The molecule has 6 heteroatoms. The maximum Gasteiger partial charge on any atom is 0.142 e. The third-order valence-electron chi connectivity index (χ3n) is 3.21. The van der Waals surface area contributed by atoms with Crippen LogP contribution in [0.2, 0.25) is 0 Å². The zero-order chi connectivity index (χ0) is 15.0. The van der Waals surface area contributed by atoms with Crippen molar-refractivity contribution >= 4 is 45.2 Å². The van der Waals surface area contributed by atoms with E-state index in [2.05, 4.69) is 4.98 Å². The summed E-state index contributed by atoms with van der Waals surface area (Å²) >= 11 is 7.96. The minimum atomic E-state index is -0.278. The number of benzene rings is 2. The second-order valence-electron chi connectivity index (χ2n) is 4.42. The van der Waals surface area contributed by atoms with Gasteiger partial charge in [0.05, 0.1) is 33.3 Å². The number of imidazole rings is 1.